The van der Waals surface area contributed by atoms with E-state index in [-0.39, 0.29) is 12.2 Å². The van der Waals surface area contributed by atoms with E-state index in [0.717, 1.165) is 47.4 Å². The van der Waals surface area contributed by atoms with Crippen molar-refractivity contribution in [3.05, 3.63) is 88.2 Å². The van der Waals surface area contributed by atoms with Gasteiger partial charge in [0.25, 0.3) is 5.91 Å². The number of nitrogens with zero attached hydrogens (tertiary/aromatic N) is 4. The minimum atomic E-state index is -0.593. The summed E-state index contributed by atoms with van der Waals surface area (Å²) in [6.45, 7) is 1.99. The number of carbonyl (C=O) groups is 2. The van der Waals surface area contributed by atoms with Crippen LogP contribution in [0.1, 0.15) is 46.1 Å². The van der Waals surface area contributed by atoms with Crippen molar-refractivity contribution in [3.63, 3.8) is 0 Å². The molecule has 190 valence electrons. The molecule has 1 aromatic carbocycles. The molecular weight excluding hydrogens is 498 g/mol. The molecule has 9 heteroatoms. The number of amides is 1. The molecule has 4 aromatic rings. The summed E-state index contributed by atoms with van der Waals surface area (Å²) in [6.07, 6.45) is 10.3. The topological polar surface area (TPSA) is 110 Å². The summed E-state index contributed by atoms with van der Waals surface area (Å²) in [5.74, 6) is -1.04. The molecule has 0 bridgehead atoms. The van der Waals surface area contributed by atoms with Crippen molar-refractivity contribution in [2.24, 2.45) is 0 Å². The molecule has 0 fully saturated rings. The first-order chi connectivity index (χ1) is 18.6. The van der Waals surface area contributed by atoms with Gasteiger partial charge in [-0.15, -0.1) is 11.3 Å². The van der Waals surface area contributed by atoms with E-state index in [4.69, 9.17) is 9.84 Å². The van der Waals surface area contributed by atoms with E-state index < -0.39 is 11.9 Å². The molecular formula is C29H25N5O3S. The summed E-state index contributed by atoms with van der Waals surface area (Å²) in [6, 6.07) is 15.3. The van der Waals surface area contributed by atoms with Gasteiger partial charge in [0.2, 0.25) is 0 Å². The maximum Gasteiger partial charge on any atom is 0.341 e. The van der Waals surface area contributed by atoms with E-state index in [1.807, 2.05) is 48.5 Å². The van der Waals surface area contributed by atoms with Gasteiger partial charge in [0, 0.05) is 34.6 Å². The lowest BCUT2D eigenvalue weighted by atomic mass is 9.95. The number of hydrogen-bond donors (Lipinski definition) is 1. The summed E-state index contributed by atoms with van der Waals surface area (Å²) in [4.78, 5) is 31.3. The van der Waals surface area contributed by atoms with Crippen LogP contribution in [0.2, 0.25) is 0 Å². The van der Waals surface area contributed by atoms with Gasteiger partial charge in [-0.25, -0.2) is 9.48 Å². The molecule has 0 radical (unpaired) electrons. The predicted molar refractivity (Wildman–Crippen MR) is 146 cm³/mol. The van der Waals surface area contributed by atoms with Crippen molar-refractivity contribution in [1.29, 1.82) is 5.26 Å². The molecule has 0 unspecified atom stereocenters. The number of carbonyl (C=O) groups excluding carboxylic acids is 2. The second-order valence-electron chi connectivity index (χ2n) is 8.71. The lowest BCUT2D eigenvalue weighted by Gasteiger charge is -2.12. The van der Waals surface area contributed by atoms with Gasteiger partial charge in [0.15, 0.2) is 0 Å². The highest BCUT2D eigenvalue weighted by atomic mass is 32.1. The lowest BCUT2D eigenvalue weighted by molar-refractivity contribution is -0.112. The van der Waals surface area contributed by atoms with Gasteiger partial charge in [-0.1, -0.05) is 18.2 Å². The molecule has 0 atom stereocenters. The van der Waals surface area contributed by atoms with Crippen LogP contribution >= 0.6 is 11.3 Å². The number of anilines is 1. The highest BCUT2D eigenvalue weighted by Crippen LogP contribution is 2.39. The van der Waals surface area contributed by atoms with E-state index in [2.05, 4.69) is 10.3 Å². The zero-order chi connectivity index (χ0) is 26.5. The number of ether oxygens (including phenoxy) is 1. The molecule has 0 spiro atoms. The number of nitrogens with one attached hydrogen (secondary N) is 1. The number of benzene rings is 1. The lowest BCUT2D eigenvalue weighted by Crippen LogP contribution is -2.16. The molecule has 38 heavy (non-hydrogen) atoms. The van der Waals surface area contributed by atoms with E-state index in [1.54, 1.807) is 30.2 Å². The van der Waals surface area contributed by atoms with Crippen LogP contribution in [0.15, 0.2) is 66.6 Å². The van der Waals surface area contributed by atoms with Crippen LogP contribution in [-0.4, -0.2) is 33.2 Å². The summed E-state index contributed by atoms with van der Waals surface area (Å²) < 4.78 is 7.00. The van der Waals surface area contributed by atoms with Crippen molar-refractivity contribution in [2.45, 2.75) is 32.6 Å². The average Bonchev–Trinajstić information content (AvgIpc) is 3.54. The Balaban J connectivity index is 1.52. The molecule has 1 amide bonds. The average molecular weight is 524 g/mol. The van der Waals surface area contributed by atoms with E-state index in [0.29, 0.717) is 21.8 Å². The number of aryl methyl sites for hydroxylation is 1. The zero-order valence-electron chi connectivity index (χ0n) is 20.8. The Morgan fingerprint density at radius 3 is 2.66 bits per heavy atom. The van der Waals surface area contributed by atoms with E-state index in [1.165, 1.54) is 17.4 Å². The fourth-order valence-electron chi connectivity index (χ4n) is 4.49. The SMILES string of the molecule is CCOC(=O)c1c(NC(=O)C(C#N)=Cc2cn(-c3ccccc3)nc2-c2ccncc2)sc2c1CCCC2. The quantitative estimate of drug-likeness (QED) is 0.192. The third-order valence-electron chi connectivity index (χ3n) is 6.26. The fraction of sp³-hybridized carbons (Fsp3) is 0.207. The predicted octanol–water partition coefficient (Wildman–Crippen LogP) is 5.60. The highest BCUT2D eigenvalue weighted by molar-refractivity contribution is 7.17. The Labute approximate surface area is 224 Å². The van der Waals surface area contributed by atoms with Crippen LogP contribution in [-0.2, 0) is 22.4 Å². The molecule has 1 aliphatic carbocycles. The van der Waals surface area contributed by atoms with Crippen molar-refractivity contribution in [3.8, 4) is 23.0 Å². The number of aromatic nitrogens is 3. The number of pyridine rings is 1. The molecule has 1 aliphatic rings. The number of para-hydroxylation sites is 1. The third kappa shape index (κ3) is 5.12. The number of fused-ring (bicyclic) bond motifs is 1. The molecule has 1 N–H and O–H groups in total. The number of thiophene rings is 1. The van der Waals surface area contributed by atoms with Crippen molar-refractivity contribution in [1.82, 2.24) is 14.8 Å². The first-order valence-corrected chi connectivity index (χ1v) is 13.2. The van der Waals surface area contributed by atoms with Crippen LogP contribution in [0, 0.1) is 11.3 Å². The molecule has 0 aliphatic heterocycles. The summed E-state index contributed by atoms with van der Waals surface area (Å²) in [7, 11) is 0. The van der Waals surface area contributed by atoms with Gasteiger partial charge in [0.05, 0.1) is 17.9 Å². The smallest absolute Gasteiger partial charge is 0.341 e. The fourth-order valence-corrected chi connectivity index (χ4v) is 5.76. The van der Waals surface area contributed by atoms with Crippen LogP contribution in [0.25, 0.3) is 23.0 Å². The van der Waals surface area contributed by atoms with Crippen molar-refractivity contribution >= 4 is 34.3 Å². The normalized spacial score (nSPS) is 12.9. The zero-order valence-corrected chi connectivity index (χ0v) is 21.6. The molecule has 3 aromatic heterocycles. The van der Waals surface area contributed by atoms with Gasteiger partial charge in [-0.05, 0) is 68.5 Å². The Bertz CT molecular complexity index is 1550. The maximum atomic E-state index is 13.3. The van der Waals surface area contributed by atoms with Crippen molar-refractivity contribution in [2.75, 3.05) is 11.9 Å². The van der Waals surface area contributed by atoms with Crippen LogP contribution in [0.5, 0.6) is 0 Å². The van der Waals surface area contributed by atoms with E-state index >= 15 is 0 Å². The Hall–Kier alpha value is -4.55. The minimum absolute atomic E-state index is 0.103. The van der Waals surface area contributed by atoms with Crippen molar-refractivity contribution < 1.29 is 14.3 Å². The largest absolute Gasteiger partial charge is 0.462 e. The Morgan fingerprint density at radius 2 is 1.92 bits per heavy atom. The van der Waals surface area contributed by atoms with Crippen LogP contribution < -0.4 is 5.32 Å². The number of hydrogen-bond acceptors (Lipinski definition) is 7. The van der Waals surface area contributed by atoms with Gasteiger partial charge < -0.3 is 10.1 Å². The third-order valence-corrected chi connectivity index (χ3v) is 7.47. The summed E-state index contributed by atoms with van der Waals surface area (Å²) >= 11 is 1.39. The Morgan fingerprint density at radius 1 is 1.16 bits per heavy atom. The Kier molecular flexibility index (Phi) is 7.43. The van der Waals surface area contributed by atoms with Crippen LogP contribution in [0.4, 0.5) is 5.00 Å². The van der Waals surface area contributed by atoms with Gasteiger partial charge >= 0.3 is 5.97 Å². The summed E-state index contributed by atoms with van der Waals surface area (Å²) in [5, 5.41) is 17.9. The highest BCUT2D eigenvalue weighted by Gasteiger charge is 2.28. The molecule has 3 heterocycles. The van der Waals surface area contributed by atoms with E-state index in [9.17, 15) is 14.9 Å². The first kappa shape index (κ1) is 25.1. The first-order valence-electron chi connectivity index (χ1n) is 12.4. The van der Waals surface area contributed by atoms with Gasteiger partial charge in [0.1, 0.15) is 22.3 Å². The maximum absolute atomic E-state index is 13.3. The van der Waals surface area contributed by atoms with Gasteiger partial charge in [-0.3, -0.25) is 9.78 Å². The standard InChI is InChI=1S/C29H25N5O3S/c1-2-37-29(36)25-23-10-6-7-11-24(23)38-28(25)32-27(35)20(17-30)16-21-18-34(22-8-4-3-5-9-22)33-26(21)19-12-14-31-15-13-19/h3-5,8-9,12-16,18H,2,6-7,10-11H2,1H3,(H,32,35). The summed E-state index contributed by atoms with van der Waals surface area (Å²) in [5.41, 5.74) is 4.10. The molecule has 5 rings (SSSR count). The van der Waals surface area contributed by atoms with Crippen LogP contribution in [0.3, 0.4) is 0 Å². The number of nitriles is 1. The number of esters is 1. The molecule has 8 nitrogen and oxygen atoms in total. The minimum Gasteiger partial charge on any atom is -0.462 e. The number of rotatable bonds is 7. The second-order valence-corrected chi connectivity index (χ2v) is 9.81. The molecule has 0 saturated carbocycles. The monoisotopic (exact) mass is 523 g/mol. The van der Waals surface area contributed by atoms with Gasteiger partial charge in [-0.2, -0.15) is 10.4 Å². The molecule has 0 saturated heterocycles. The second kappa shape index (κ2) is 11.2.